The minimum atomic E-state index is -0.203. The molecule has 1 amide bonds. The normalized spacial score (nSPS) is 14.5. The van der Waals surface area contributed by atoms with Crippen molar-refractivity contribution >= 4 is 17.3 Å². The number of pyridine rings is 1. The fraction of sp³-hybridized carbons (Fsp3) is 0.182. The molecule has 2 aliphatic rings. The van der Waals surface area contributed by atoms with Crippen LogP contribution in [0.1, 0.15) is 21.5 Å². The smallest absolute Gasteiger partial charge is 0.257 e. The van der Waals surface area contributed by atoms with Crippen LogP contribution in [-0.4, -0.2) is 24.2 Å². The maximum Gasteiger partial charge on any atom is 0.257 e. The molecular weight excluding hydrogens is 354 g/mol. The summed E-state index contributed by atoms with van der Waals surface area (Å²) in [6.07, 6.45) is 4.39. The molecule has 3 heterocycles. The second kappa shape index (κ2) is 6.88. The third-order valence-electron chi connectivity index (χ3n) is 5.11. The summed E-state index contributed by atoms with van der Waals surface area (Å²) in [5.74, 6) is 1.12. The summed E-state index contributed by atoms with van der Waals surface area (Å²) in [4.78, 5) is 19.3. The fourth-order valence-corrected chi connectivity index (χ4v) is 3.62. The van der Waals surface area contributed by atoms with Gasteiger partial charge in [0.25, 0.3) is 5.91 Å². The second-order valence-corrected chi connectivity index (χ2v) is 6.89. The van der Waals surface area contributed by atoms with Crippen LogP contribution in [0.2, 0.25) is 0 Å². The van der Waals surface area contributed by atoms with Crippen LogP contribution in [0.5, 0.6) is 11.5 Å². The lowest BCUT2D eigenvalue weighted by Crippen LogP contribution is -2.30. The van der Waals surface area contributed by atoms with Crippen molar-refractivity contribution in [3.8, 4) is 11.5 Å². The van der Waals surface area contributed by atoms with Gasteiger partial charge in [0, 0.05) is 31.0 Å². The predicted molar refractivity (Wildman–Crippen MR) is 106 cm³/mol. The van der Waals surface area contributed by atoms with Crippen LogP contribution in [0.15, 0.2) is 60.9 Å². The zero-order chi connectivity index (χ0) is 18.9. The maximum atomic E-state index is 12.7. The highest BCUT2D eigenvalue weighted by molar-refractivity contribution is 6.04. The molecule has 1 aromatic heterocycles. The summed E-state index contributed by atoms with van der Waals surface area (Å²) in [6.45, 7) is 1.94. The number of anilines is 2. The van der Waals surface area contributed by atoms with Gasteiger partial charge >= 0.3 is 0 Å². The number of aromatic nitrogens is 1. The second-order valence-electron chi connectivity index (χ2n) is 6.89. The third-order valence-corrected chi connectivity index (χ3v) is 5.11. The van der Waals surface area contributed by atoms with Gasteiger partial charge in [0.2, 0.25) is 6.79 Å². The van der Waals surface area contributed by atoms with E-state index in [0.717, 1.165) is 25.2 Å². The quantitative estimate of drug-likeness (QED) is 0.760. The molecule has 0 saturated heterocycles. The molecule has 5 rings (SSSR count). The minimum Gasteiger partial charge on any atom is -0.454 e. The van der Waals surface area contributed by atoms with Gasteiger partial charge in [-0.3, -0.25) is 9.78 Å². The van der Waals surface area contributed by atoms with Crippen molar-refractivity contribution in [3.63, 3.8) is 0 Å². The van der Waals surface area contributed by atoms with Gasteiger partial charge in [-0.25, -0.2) is 0 Å². The Morgan fingerprint density at radius 2 is 1.86 bits per heavy atom. The summed E-state index contributed by atoms with van der Waals surface area (Å²) in [5.41, 5.74) is 4.85. The van der Waals surface area contributed by atoms with Crippen LogP contribution in [0.4, 0.5) is 11.4 Å². The maximum absolute atomic E-state index is 12.7. The Hall–Kier alpha value is -3.54. The van der Waals surface area contributed by atoms with E-state index in [0.29, 0.717) is 22.7 Å². The van der Waals surface area contributed by atoms with Crippen LogP contribution in [0.3, 0.4) is 0 Å². The van der Waals surface area contributed by atoms with E-state index >= 15 is 0 Å². The molecule has 0 spiro atoms. The van der Waals surface area contributed by atoms with Crippen molar-refractivity contribution < 1.29 is 14.3 Å². The summed E-state index contributed by atoms with van der Waals surface area (Å²) < 4.78 is 10.7. The third kappa shape index (κ3) is 3.13. The van der Waals surface area contributed by atoms with E-state index in [1.807, 2.05) is 12.3 Å². The molecule has 0 atom stereocenters. The first-order valence-electron chi connectivity index (χ1n) is 9.24. The van der Waals surface area contributed by atoms with E-state index in [1.54, 1.807) is 24.4 Å². The SMILES string of the molecule is O=C(Nc1ccc2c(c1)OCO2)c1cncc(N2CCc3ccccc3C2)c1. The lowest BCUT2D eigenvalue weighted by molar-refractivity contribution is 0.102. The number of rotatable bonds is 3. The van der Waals surface area contributed by atoms with Crippen LogP contribution < -0.4 is 19.7 Å². The average Bonchev–Trinajstić information content (AvgIpc) is 3.21. The number of nitrogens with zero attached hydrogens (tertiary/aromatic N) is 2. The van der Waals surface area contributed by atoms with Gasteiger partial charge < -0.3 is 19.7 Å². The number of fused-ring (bicyclic) bond motifs is 2. The highest BCUT2D eigenvalue weighted by atomic mass is 16.7. The van der Waals surface area contributed by atoms with Crippen molar-refractivity contribution in [1.29, 1.82) is 0 Å². The zero-order valence-electron chi connectivity index (χ0n) is 15.2. The van der Waals surface area contributed by atoms with Gasteiger partial charge in [-0.2, -0.15) is 0 Å². The Morgan fingerprint density at radius 3 is 2.79 bits per heavy atom. The molecule has 0 fully saturated rings. The highest BCUT2D eigenvalue weighted by Gasteiger charge is 2.18. The molecule has 140 valence electrons. The van der Waals surface area contributed by atoms with Crippen molar-refractivity contribution in [2.75, 3.05) is 23.6 Å². The Morgan fingerprint density at radius 1 is 1.00 bits per heavy atom. The first-order chi connectivity index (χ1) is 13.8. The number of carbonyl (C=O) groups is 1. The number of nitrogens with one attached hydrogen (secondary N) is 1. The molecule has 0 aliphatic carbocycles. The predicted octanol–water partition coefficient (Wildman–Crippen LogP) is 3.63. The zero-order valence-corrected chi connectivity index (χ0v) is 15.2. The number of hydrogen-bond acceptors (Lipinski definition) is 5. The molecule has 0 unspecified atom stereocenters. The number of benzene rings is 2. The van der Waals surface area contributed by atoms with E-state index < -0.39 is 0 Å². The molecule has 1 N–H and O–H groups in total. The van der Waals surface area contributed by atoms with Crippen molar-refractivity contribution in [1.82, 2.24) is 4.98 Å². The topological polar surface area (TPSA) is 63.7 Å². The van der Waals surface area contributed by atoms with Gasteiger partial charge in [0.05, 0.1) is 17.4 Å². The van der Waals surface area contributed by atoms with E-state index in [1.165, 1.54) is 11.1 Å². The van der Waals surface area contributed by atoms with Crippen LogP contribution in [0, 0.1) is 0 Å². The molecule has 2 aromatic carbocycles. The lowest BCUT2D eigenvalue weighted by atomic mass is 9.99. The lowest BCUT2D eigenvalue weighted by Gasteiger charge is -2.30. The fourth-order valence-electron chi connectivity index (χ4n) is 3.62. The standard InChI is InChI=1S/C22H19N3O3/c26-22(24-18-5-6-20-21(10-18)28-14-27-20)17-9-19(12-23-11-17)25-8-7-15-3-1-2-4-16(15)13-25/h1-6,9-12H,7-8,13-14H2,(H,24,26). The summed E-state index contributed by atoms with van der Waals surface area (Å²) in [7, 11) is 0. The first kappa shape index (κ1) is 16.6. The molecule has 28 heavy (non-hydrogen) atoms. The van der Waals surface area contributed by atoms with Crippen LogP contribution in [0.25, 0.3) is 0 Å². The molecule has 0 bridgehead atoms. The van der Waals surface area contributed by atoms with E-state index in [9.17, 15) is 4.79 Å². The minimum absolute atomic E-state index is 0.203. The molecular formula is C22H19N3O3. The average molecular weight is 373 g/mol. The van der Waals surface area contributed by atoms with Gasteiger partial charge in [0.15, 0.2) is 11.5 Å². The molecule has 2 aliphatic heterocycles. The van der Waals surface area contributed by atoms with E-state index in [4.69, 9.17) is 9.47 Å². The first-order valence-corrected chi connectivity index (χ1v) is 9.24. The van der Waals surface area contributed by atoms with Gasteiger partial charge in [-0.15, -0.1) is 0 Å². The molecule has 0 saturated carbocycles. The Kier molecular flexibility index (Phi) is 4.09. The Labute approximate surface area is 162 Å². The summed E-state index contributed by atoms with van der Waals surface area (Å²) in [5, 5.41) is 2.90. The van der Waals surface area contributed by atoms with Gasteiger partial charge in [-0.05, 0) is 35.7 Å². The number of amides is 1. The molecule has 3 aromatic rings. The van der Waals surface area contributed by atoms with Crippen molar-refractivity contribution in [3.05, 3.63) is 77.6 Å². The van der Waals surface area contributed by atoms with E-state index in [-0.39, 0.29) is 12.7 Å². The summed E-state index contributed by atoms with van der Waals surface area (Å²) in [6, 6.07) is 15.7. The number of hydrogen-bond donors (Lipinski definition) is 1. The molecule has 0 radical (unpaired) electrons. The number of carbonyl (C=O) groups excluding carboxylic acids is 1. The van der Waals surface area contributed by atoms with Gasteiger partial charge in [-0.1, -0.05) is 24.3 Å². The van der Waals surface area contributed by atoms with Crippen molar-refractivity contribution in [2.24, 2.45) is 0 Å². The molecule has 6 nitrogen and oxygen atoms in total. The van der Waals surface area contributed by atoms with Crippen LogP contribution >= 0.6 is 0 Å². The van der Waals surface area contributed by atoms with E-state index in [2.05, 4.69) is 39.5 Å². The van der Waals surface area contributed by atoms with Crippen LogP contribution in [-0.2, 0) is 13.0 Å². The van der Waals surface area contributed by atoms with Crippen molar-refractivity contribution in [2.45, 2.75) is 13.0 Å². The van der Waals surface area contributed by atoms with Gasteiger partial charge in [0.1, 0.15) is 0 Å². The largest absolute Gasteiger partial charge is 0.454 e. The monoisotopic (exact) mass is 373 g/mol. The highest BCUT2D eigenvalue weighted by Crippen LogP contribution is 2.34. The number of ether oxygens (including phenoxy) is 2. The Bertz CT molecular complexity index is 1050. The Balaban J connectivity index is 1.33. The molecule has 6 heteroatoms. The summed E-state index contributed by atoms with van der Waals surface area (Å²) >= 11 is 0.